The molecule has 1 aliphatic heterocycles. The molecule has 144 valence electrons. The minimum atomic E-state index is -0.867. The molecule has 4 rings (SSSR count). The molecule has 7 heteroatoms. The van der Waals surface area contributed by atoms with Gasteiger partial charge in [0.05, 0.1) is 25.0 Å². The highest BCUT2D eigenvalue weighted by Crippen LogP contribution is 2.52. The maximum Gasteiger partial charge on any atom is 0.307 e. The van der Waals surface area contributed by atoms with Gasteiger partial charge in [0.1, 0.15) is 0 Å². The standard InChI is InChI=1S/C20H24N2O5/c23-18(16-13-1-2-14(11-13)17(16)20(25)26)21-15-5-3-12(4-6-15)19(24)22-7-9-27-10-8-22/h3-6,13-14,16-17H,1-2,7-11H2,(H,21,23)(H,25,26)/t13-,14-,16+,17+/m0/s1. The third-order valence-corrected chi connectivity index (χ3v) is 6.20. The van der Waals surface area contributed by atoms with Gasteiger partial charge >= 0.3 is 5.97 Å². The lowest BCUT2D eigenvalue weighted by atomic mass is 9.78. The number of hydrogen-bond acceptors (Lipinski definition) is 4. The zero-order chi connectivity index (χ0) is 19.0. The fourth-order valence-electron chi connectivity index (χ4n) is 4.89. The van der Waals surface area contributed by atoms with Gasteiger partial charge in [-0.25, -0.2) is 0 Å². The summed E-state index contributed by atoms with van der Waals surface area (Å²) in [6, 6.07) is 6.80. The van der Waals surface area contributed by atoms with Gasteiger partial charge in [-0.1, -0.05) is 0 Å². The van der Waals surface area contributed by atoms with E-state index in [1.807, 2.05) is 0 Å². The van der Waals surface area contributed by atoms with E-state index in [1.54, 1.807) is 29.2 Å². The largest absolute Gasteiger partial charge is 0.481 e. The van der Waals surface area contributed by atoms with E-state index in [-0.39, 0.29) is 23.7 Å². The Bertz CT molecular complexity index is 741. The summed E-state index contributed by atoms with van der Waals surface area (Å²) in [4.78, 5) is 38.5. The van der Waals surface area contributed by atoms with Crippen LogP contribution in [0.15, 0.2) is 24.3 Å². The van der Waals surface area contributed by atoms with Gasteiger partial charge in [-0.05, 0) is 55.4 Å². The van der Waals surface area contributed by atoms with Crippen LogP contribution in [-0.4, -0.2) is 54.1 Å². The van der Waals surface area contributed by atoms with Crippen LogP contribution in [0, 0.1) is 23.7 Å². The lowest BCUT2D eigenvalue weighted by molar-refractivity contribution is -0.148. The van der Waals surface area contributed by atoms with Crippen molar-refractivity contribution in [3.63, 3.8) is 0 Å². The number of carbonyl (C=O) groups is 3. The van der Waals surface area contributed by atoms with Gasteiger partial charge < -0.3 is 20.1 Å². The van der Waals surface area contributed by atoms with Crippen molar-refractivity contribution >= 4 is 23.5 Å². The molecule has 1 aromatic carbocycles. The normalized spacial score (nSPS) is 29.6. The third-order valence-electron chi connectivity index (χ3n) is 6.20. The van der Waals surface area contributed by atoms with Gasteiger partial charge in [-0.3, -0.25) is 14.4 Å². The fourth-order valence-corrected chi connectivity index (χ4v) is 4.89. The van der Waals surface area contributed by atoms with Gasteiger partial charge in [-0.15, -0.1) is 0 Å². The van der Waals surface area contributed by atoms with Crippen molar-refractivity contribution in [2.75, 3.05) is 31.6 Å². The van der Waals surface area contributed by atoms with Gasteiger partial charge in [0, 0.05) is 24.3 Å². The van der Waals surface area contributed by atoms with E-state index in [1.165, 1.54) is 0 Å². The monoisotopic (exact) mass is 372 g/mol. The number of benzene rings is 1. The van der Waals surface area contributed by atoms with E-state index < -0.39 is 17.8 Å². The number of hydrogen-bond donors (Lipinski definition) is 2. The number of carbonyl (C=O) groups excluding carboxylic acids is 2. The van der Waals surface area contributed by atoms with Crippen LogP contribution in [0.1, 0.15) is 29.6 Å². The van der Waals surface area contributed by atoms with Gasteiger partial charge in [0.2, 0.25) is 5.91 Å². The molecule has 2 saturated carbocycles. The number of anilines is 1. The molecule has 0 spiro atoms. The number of nitrogens with zero attached hydrogens (tertiary/aromatic N) is 1. The van der Waals surface area contributed by atoms with Crippen LogP contribution in [0.4, 0.5) is 5.69 Å². The molecule has 1 aromatic rings. The van der Waals surface area contributed by atoms with E-state index in [2.05, 4.69) is 5.32 Å². The molecule has 0 radical (unpaired) electrons. The summed E-state index contributed by atoms with van der Waals surface area (Å²) < 4.78 is 5.26. The number of carboxylic acid groups (broad SMARTS) is 1. The smallest absolute Gasteiger partial charge is 0.307 e. The summed E-state index contributed by atoms with van der Waals surface area (Å²) in [5, 5.41) is 12.4. The summed E-state index contributed by atoms with van der Waals surface area (Å²) in [5.74, 6) is -1.89. The summed E-state index contributed by atoms with van der Waals surface area (Å²) in [5.41, 5.74) is 1.16. The predicted molar refractivity (Wildman–Crippen MR) is 97.2 cm³/mol. The van der Waals surface area contributed by atoms with Crippen LogP contribution in [0.3, 0.4) is 0 Å². The van der Waals surface area contributed by atoms with Crippen molar-refractivity contribution in [2.45, 2.75) is 19.3 Å². The summed E-state index contributed by atoms with van der Waals surface area (Å²) in [6.45, 7) is 2.26. The molecule has 27 heavy (non-hydrogen) atoms. The van der Waals surface area contributed by atoms with E-state index in [9.17, 15) is 19.5 Å². The van der Waals surface area contributed by atoms with Gasteiger partial charge in [-0.2, -0.15) is 0 Å². The van der Waals surface area contributed by atoms with Crippen molar-refractivity contribution in [3.8, 4) is 0 Å². The Morgan fingerprint density at radius 1 is 1.00 bits per heavy atom. The molecule has 0 unspecified atom stereocenters. The van der Waals surface area contributed by atoms with Crippen molar-refractivity contribution in [3.05, 3.63) is 29.8 Å². The minimum Gasteiger partial charge on any atom is -0.481 e. The maximum absolute atomic E-state index is 12.7. The van der Waals surface area contributed by atoms with Crippen molar-refractivity contribution in [1.82, 2.24) is 4.90 Å². The SMILES string of the molecule is O=C(O)[C@@H]1[C@H]2CC[C@@H](C2)[C@H]1C(=O)Nc1ccc(C(=O)N2CCOCC2)cc1. The highest BCUT2D eigenvalue weighted by atomic mass is 16.5. The van der Waals surface area contributed by atoms with E-state index in [0.29, 0.717) is 37.6 Å². The second kappa shape index (κ2) is 7.31. The summed E-state index contributed by atoms with van der Waals surface area (Å²) in [7, 11) is 0. The first kappa shape index (κ1) is 18.0. The molecule has 2 bridgehead atoms. The van der Waals surface area contributed by atoms with Crippen LogP contribution < -0.4 is 5.32 Å². The fraction of sp³-hybridized carbons (Fsp3) is 0.550. The Morgan fingerprint density at radius 2 is 1.63 bits per heavy atom. The van der Waals surface area contributed by atoms with Crippen LogP contribution in [-0.2, 0) is 14.3 Å². The van der Waals surface area contributed by atoms with Gasteiger partial charge in [0.15, 0.2) is 0 Å². The van der Waals surface area contributed by atoms with Gasteiger partial charge in [0.25, 0.3) is 5.91 Å². The lowest BCUT2D eigenvalue weighted by Crippen LogP contribution is -2.40. The molecule has 2 N–H and O–H groups in total. The molecule has 3 fully saturated rings. The summed E-state index contributed by atoms with van der Waals surface area (Å²) >= 11 is 0. The zero-order valence-electron chi connectivity index (χ0n) is 15.1. The van der Waals surface area contributed by atoms with Crippen molar-refractivity contribution in [1.29, 1.82) is 0 Å². The average Bonchev–Trinajstić information content (AvgIpc) is 3.30. The van der Waals surface area contributed by atoms with E-state index >= 15 is 0 Å². The number of amides is 2. The molecule has 2 amide bonds. The molecule has 4 atom stereocenters. The van der Waals surface area contributed by atoms with Crippen LogP contribution >= 0.6 is 0 Å². The number of carboxylic acids is 1. The number of morpholine rings is 1. The molecular weight excluding hydrogens is 348 g/mol. The second-order valence-corrected chi connectivity index (χ2v) is 7.69. The number of nitrogens with one attached hydrogen (secondary N) is 1. The molecule has 0 aromatic heterocycles. The van der Waals surface area contributed by atoms with E-state index in [0.717, 1.165) is 19.3 Å². The van der Waals surface area contributed by atoms with Crippen LogP contribution in [0.2, 0.25) is 0 Å². The molecule has 3 aliphatic rings. The molecule has 2 aliphatic carbocycles. The van der Waals surface area contributed by atoms with Crippen LogP contribution in [0.25, 0.3) is 0 Å². The first-order chi connectivity index (χ1) is 13.0. The van der Waals surface area contributed by atoms with E-state index in [4.69, 9.17) is 4.74 Å². The Balaban J connectivity index is 1.41. The van der Waals surface area contributed by atoms with Crippen molar-refractivity contribution < 1.29 is 24.2 Å². The summed E-state index contributed by atoms with van der Waals surface area (Å²) in [6.07, 6.45) is 2.67. The maximum atomic E-state index is 12.7. The van der Waals surface area contributed by atoms with Crippen LogP contribution in [0.5, 0.6) is 0 Å². The number of fused-ring (bicyclic) bond motifs is 2. The Labute approximate surface area is 157 Å². The average molecular weight is 372 g/mol. The number of aliphatic carboxylic acids is 1. The minimum absolute atomic E-state index is 0.0461. The lowest BCUT2D eigenvalue weighted by Gasteiger charge is -2.27. The Morgan fingerprint density at radius 3 is 2.26 bits per heavy atom. The first-order valence-electron chi connectivity index (χ1n) is 9.55. The molecule has 1 saturated heterocycles. The Kier molecular flexibility index (Phi) is 4.86. The quantitative estimate of drug-likeness (QED) is 0.841. The van der Waals surface area contributed by atoms with Crippen molar-refractivity contribution in [2.24, 2.45) is 23.7 Å². The number of rotatable bonds is 4. The topological polar surface area (TPSA) is 95.9 Å². The first-order valence-corrected chi connectivity index (χ1v) is 9.55. The Hall–Kier alpha value is -2.41. The highest BCUT2D eigenvalue weighted by molar-refractivity contribution is 5.97. The number of ether oxygens (including phenoxy) is 1. The molecule has 7 nitrogen and oxygen atoms in total. The molecular formula is C20H24N2O5. The third kappa shape index (κ3) is 3.43. The molecule has 1 heterocycles. The highest BCUT2D eigenvalue weighted by Gasteiger charge is 2.53. The zero-order valence-corrected chi connectivity index (χ0v) is 15.1. The second-order valence-electron chi connectivity index (χ2n) is 7.69. The predicted octanol–water partition coefficient (Wildman–Crippen LogP) is 1.84.